The first-order valence-corrected chi connectivity index (χ1v) is 9.16. The van der Waals surface area contributed by atoms with Gasteiger partial charge in [-0.2, -0.15) is 0 Å². The number of carboxylic acids is 1. The van der Waals surface area contributed by atoms with Gasteiger partial charge in [0.15, 0.2) is 0 Å². The van der Waals surface area contributed by atoms with Crippen LogP contribution in [0.15, 0.2) is 54.7 Å². The Labute approximate surface area is 159 Å². The third kappa shape index (κ3) is 3.00. The van der Waals surface area contributed by atoms with Crippen molar-refractivity contribution in [3.63, 3.8) is 0 Å². The van der Waals surface area contributed by atoms with E-state index in [9.17, 15) is 14.4 Å². The predicted molar refractivity (Wildman–Crippen MR) is 103 cm³/mol. The minimum atomic E-state index is -0.949. The Bertz CT molecular complexity index is 1070. The fourth-order valence-corrected chi connectivity index (χ4v) is 4.20. The number of amides is 1. The lowest BCUT2D eigenvalue weighted by Crippen LogP contribution is -2.23. The van der Waals surface area contributed by atoms with Crippen molar-refractivity contribution in [1.82, 2.24) is 9.47 Å². The number of carbonyl (C=O) groups is 3. The number of fused-ring (bicyclic) bond motifs is 1. The van der Waals surface area contributed by atoms with E-state index in [0.717, 1.165) is 33.8 Å². The largest absolute Gasteiger partial charge is 0.478 e. The zero-order valence-corrected chi connectivity index (χ0v) is 15.3. The van der Waals surface area contributed by atoms with Gasteiger partial charge in [-0.15, -0.1) is 0 Å². The van der Waals surface area contributed by atoms with Crippen molar-refractivity contribution < 1.29 is 19.5 Å². The molecule has 0 radical (unpaired) electrons. The third-order valence-corrected chi connectivity index (χ3v) is 5.67. The Hall–Kier alpha value is -3.06. The lowest BCUT2D eigenvalue weighted by molar-refractivity contribution is -0.113. The summed E-state index contributed by atoms with van der Waals surface area (Å²) in [5.74, 6) is -0.949. The first-order valence-electron chi connectivity index (χ1n) is 8.34. The van der Waals surface area contributed by atoms with Crippen LogP contribution in [0.25, 0.3) is 10.9 Å². The Morgan fingerprint density at radius 1 is 1.11 bits per heavy atom. The molecule has 0 saturated carbocycles. The number of likely N-dealkylation sites (N-methyl/N-ethyl adjacent to an activating group) is 1. The maximum atomic E-state index is 12.3. The fourth-order valence-electron chi connectivity index (χ4n) is 3.39. The molecule has 2 heterocycles. The first kappa shape index (κ1) is 17.4. The average Bonchev–Trinajstić information content (AvgIpc) is 3.16. The summed E-state index contributed by atoms with van der Waals surface area (Å²) in [6.45, 7) is 0.578. The monoisotopic (exact) mass is 380 g/mol. The number of thioether (sulfide) groups is 1. The molecule has 0 spiro atoms. The lowest BCUT2D eigenvalue weighted by Gasteiger charge is -2.18. The summed E-state index contributed by atoms with van der Waals surface area (Å²) < 4.78 is 2.04. The van der Waals surface area contributed by atoms with Crippen LogP contribution < -0.4 is 0 Å². The van der Waals surface area contributed by atoms with E-state index in [-0.39, 0.29) is 15.9 Å². The van der Waals surface area contributed by atoms with Gasteiger partial charge in [0.2, 0.25) is 5.12 Å². The quantitative estimate of drug-likeness (QED) is 0.746. The standard InChI is InChI=1S/C20H16N2O4S/c1-21-17(19(25)27-20(21)26)15-3-2-4-16-14(15)9-10-22(16)11-12-5-7-13(8-6-12)18(23)24/h2-10,17H,11H2,1H3,(H,23,24). The molecule has 3 aromatic rings. The van der Waals surface area contributed by atoms with Crippen LogP contribution in [-0.4, -0.2) is 37.9 Å². The van der Waals surface area contributed by atoms with Crippen LogP contribution in [0, 0.1) is 0 Å². The normalized spacial score (nSPS) is 17.1. The smallest absolute Gasteiger partial charge is 0.335 e. The van der Waals surface area contributed by atoms with E-state index in [0.29, 0.717) is 6.54 Å². The molecule has 0 aliphatic carbocycles. The third-order valence-electron chi connectivity index (χ3n) is 4.78. The number of carboxylic acid groups (broad SMARTS) is 1. The van der Waals surface area contributed by atoms with Gasteiger partial charge in [-0.05, 0) is 35.4 Å². The molecule has 1 aromatic heterocycles. The van der Waals surface area contributed by atoms with Crippen LogP contribution in [0.2, 0.25) is 0 Å². The van der Waals surface area contributed by atoms with Crippen LogP contribution in [0.1, 0.15) is 27.5 Å². The Morgan fingerprint density at radius 3 is 2.48 bits per heavy atom. The molecular weight excluding hydrogens is 364 g/mol. The molecule has 1 fully saturated rings. The van der Waals surface area contributed by atoms with Crippen LogP contribution in [-0.2, 0) is 11.3 Å². The molecule has 0 bridgehead atoms. The maximum absolute atomic E-state index is 12.3. The van der Waals surface area contributed by atoms with Crippen molar-refractivity contribution >= 4 is 39.0 Å². The summed E-state index contributed by atoms with van der Waals surface area (Å²) in [6, 6.07) is 13.9. The molecule has 1 unspecified atom stereocenters. The number of hydrogen-bond acceptors (Lipinski definition) is 4. The predicted octanol–water partition coefficient (Wildman–Crippen LogP) is 3.75. The lowest BCUT2D eigenvalue weighted by atomic mass is 10.0. The van der Waals surface area contributed by atoms with E-state index in [2.05, 4.69) is 0 Å². The minimum absolute atomic E-state index is 0.160. The highest BCUT2D eigenvalue weighted by Gasteiger charge is 2.39. The van der Waals surface area contributed by atoms with Gasteiger partial charge in [0, 0.05) is 42.5 Å². The summed E-state index contributed by atoms with van der Waals surface area (Å²) in [5.41, 5.74) is 3.00. The highest BCUT2D eigenvalue weighted by Crippen LogP contribution is 2.38. The molecular formula is C20H16N2O4S. The second-order valence-electron chi connectivity index (χ2n) is 6.43. The maximum Gasteiger partial charge on any atom is 0.335 e. The number of rotatable bonds is 4. The molecule has 1 atom stereocenters. The van der Waals surface area contributed by atoms with E-state index >= 15 is 0 Å². The van der Waals surface area contributed by atoms with Gasteiger partial charge in [-0.3, -0.25) is 9.59 Å². The topological polar surface area (TPSA) is 79.6 Å². The van der Waals surface area contributed by atoms with Gasteiger partial charge in [0.05, 0.1) is 5.56 Å². The molecule has 1 N–H and O–H groups in total. The second kappa shape index (κ2) is 6.59. The Morgan fingerprint density at radius 2 is 1.85 bits per heavy atom. The molecule has 4 rings (SSSR count). The van der Waals surface area contributed by atoms with Crippen molar-refractivity contribution in [3.8, 4) is 0 Å². The van der Waals surface area contributed by atoms with E-state index in [4.69, 9.17) is 5.11 Å². The molecule has 7 heteroatoms. The molecule has 6 nitrogen and oxygen atoms in total. The first-order chi connectivity index (χ1) is 13.0. The number of aromatic carboxylic acids is 1. The molecule has 27 heavy (non-hydrogen) atoms. The summed E-state index contributed by atoms with van der Waals surface area (Å²) >= 11 is 0.746. The molecule has 1 saturated heterocycles. The fraction of sp³-hybridized carbons (Fsp3) is 0.150. The van der Waals surface area contributed by atoms with Crippen LogP contribution in [0.4, 0.5) is 4.79 Å². The van der Waals surface area contributed by atoms with E-state index in [1.165, 1.54) is 4.90 Å². The van der Waals surface area contributed by atoms with Crippen LogP contribution in [0.5, 0.6) is 0 Å². The number of carbonyl (C=O) groups excluding carboxylic acids is 2. The summed E-state index contributed by atoms with van der Waals surface area (Å²) in [5, 5.41) is 9.54. The molecule has 1 aliphatic heterocycles. The molecule has 2 aromatic carbocycles. The van der Waals surface area contributed by atoms with E-state index in [1.807, 2.05) is 35.0 Å². The van der Waals surface area contributed by atoms with Gasteiger partial charge >= 0.3 is 5.97 Å². The van der Waals surface area contributed by atoms with Crippen molar-refractivity contribution in [3.05, 3.63) is 71.4 Å². The Balaban J connectivity index is 1.69. The molecule has 136 valence electrons. The van der Waals surface area contributed by atoms with E-state index in [1.54, 1.807) is 31.3 Å². The van der Waals surface area contributed by atoms with Gasteiger partial charge in [-0.1, -0.05) is 24.3 Å². The van der Waals surface area contributed by atoms with Crippen molar-refractivity contribution in [2.24, 2.45) is 0 Å². The zero-order chi connectivity index (χ0) is 19.1. The minimum Gasteiger partial charge on any atom is -0.478 e. The Kier molecular flexibility index (Phi) is 4.24. The van der Waals surface area contributed by atoms with Crippen molar-refractivity contribution in [2.45, 2.75) is 12.6 Å². The highest BCUT2D eigenvalue weighted by atomic mass is 32.2. The second-order valence-corrected chi connectivity index (χ2v) is 7.38. The van der Waals surface area contributed by atoms with Gasteiger partial charge < -0.3 is 14.6 Å². The summed E-state index contributed by atoms with van der Waals surface area (Å²) in [6.07, 6.45) is 1.94. The summed E-state index contributed by atoms with van der Waals surface area (Å²) in [7, 11) is 1.64. The van der Waals surface area contributed by atoms with Crippen molar-refractivity contribution in [1.29, 1.82) is 0 Å². The molecule has 1 amide bonds. The van der Waals surface area contributed by atoms with Gasteiger partial charge in [0.1, 0.15) is 6.04 Å². The number of benzene rings is 2. The van der Waals surface area contributed by atoms with Crippen LogP contribution >= 0.6 is 11.8 Å². The van der Waals surface area contributed by atoms with Gasteiger partial charge in [-0.25, -0.2) is 4.79 Å². The SMILES string of the molecule is CN1C(=O)SC(=O)C1c1cccc2c1ccn2Cc1ccc(C(=O)O)cc1. The summed E-state index contributed by atoms with van der Waals surface area (Å²) in [4.78, 5) is 36.6. The molecule has 1 aliphatic rings. The van der Waals surface area contributed by atoms with Crippen LogP contribution in [0.3, 0.4) is 0 Å². The average molecular weight is 380 g/mol. The van der Waals surface area contributed by atoms with Gasteiger partial charge in [0.25, 0.3) is 5.24 Å². The van der Waals surface area contributed by atoms with E-state index < -0.39 is 12.0 Å². The highest BCUT2D eigenvalue weighted by molar-refractivity contribution is 8.26. The number of hydrogen-bond donors (Lipinski definition) is 1. The number of nitrogens with zero attached hydrogens (tertiary/aromatic N) is 2. The number of aromatic nitrogens is 1. The van der Waals surface area contributed by atoms with Crippen molar-refractivity contribution in [2.75, 3.05) is 7.05 Å². The zero-order valence-electron chi connectivity index (χ0n) is 14.5.